The summed E-state index contributed by atoms with van der Waals surface area (Å²) in [5.74, 6) is -0.447. The molecule has 5 fully saturated rings. The molecule has 2 unspecified atom stereocenters. The number of fused-ring (bicyclic) bond motifs is 5. The van der Waals surface area contributed by atoms with Crippen LogP contribution in [0.4, 0.5) is 26.3 Å². The number of carbonyl (C=O) groups is 5. The Morgan fingerprint density at radius 3 is 1.05 bits per heavy atom. The van der Waals surface area contributed by atoms with Gasteiger partial charge in [0.05, 0.1) is 122 Å². The molecular formula is C108H119F6N19O12S. The Morgan fingerprint density at radius 1 is 0.404 bits per heavy atom. The summed E-state index contributed by atoms with van der Waals surface area (Å²) < 4.78 is 122. The number of Topliss-reactive ketones (excluding diaryl/α,β-unsaturated/α-hetero) is 5. The lowest BCUT2D eigenvalue weighted by molar-refractivity contribution is -0.238. The number of halogens is 6. The molecule has 0 spiro atoms. The second-order valence-electron chi connectivity index (χ2n) is 38.7. The SMILES string of the molecule is CC(=O)c1cc(-c2cnn(C)c2)c2ccc(CN3CCOC(C)(C)C3)cc2n1.CC(=O)c1cc(-c2cnn(C)c2)c2ccc(CN3CCOCC3(C)C)cc2n1.CC(=O)c1cc(-c2cnn(C)c2)c2ccc(CN3CCO[C@@H](C(F)(F)F)C3)cc2n1.COCC1CN(Cc2ccc3c(-c4cnn(C)c4)cc(C(C)=O)nc3c2)CCO1.COc1ncc(-c2cc(C(C)=O)nc3cc(CN4CCOC(C(F)(F)F)C4)ccc23)s1. The number of ether oxygens (including phenoxy) is 7. The lowest BCUT2D eigenvalue weighted by atomic mass is 9.98. The molecule has 5 aliphatic heterocycles. The predicted octanol–water partition coefficient (Wildman–Crippen LogP) is 17.5. The van der Waals surface area contributed by atoms with E-state index in [2.05, 4.69) is 147 Å². The Kier molecular flexibility index (Phi) is 32.9. The number of carbonyl (C=O) groups excluding carboxylic acids is 5. The van der Waals surface area contributed by atoms with Crippen LogP contribution in [0.1, 0.15) is 143 Å². The highest BCUT2D eigenvalue weighted by atomic mass is 32.1. The molecule has 0 amide bonds. The number of aryl methyl sites for hydroxylation is 4. The fourth-order valence-corrected chi connectivity index (χ4v) is 19.4. The van der Waals surface area contributed by atoms with E-state index < -0.39 is 24.6 Å². The highest BCUT2D eigenvalue weighted by Gasteiger charge is 2.45. The summed E-state index contributed by atoms with van der Waals surface area (Å²) in [6.45, 7) is 27.9. The average Bonchev–Trinajstić information content (AvgIpc) is 1.34. The van der Waals surface area contributed by atoms with Crippen molar-refractivity contribution in [1.29, 1.82) is 0 Å². The molecule has 5 aromatic carbocycles. The van der Waals surface area contributed by atoms with Crippen LogP contribution in [0.5, 0.6) is 5.19 Å². The maximum Gasteiger partial charge on any atom is 0.415 e. The summed E-state index contributed by atoms with van der Waals surface area (Å²) in [5.41, 5.74) is 19.3. The van der Waals surface area contributed by atoms with E-state index in [9.17, 15) is 50.3 Å². The van der Waals surface area contributed by atoms with Crippen molar-refractivity contribution in [3.63, 3.8) is 0 Å². The number of nitrogens with zero attached hydrogens (tertiary/aromatic N) is 19. The lowest BCUT2D eigenvalue weighted by Gasteiger charge is -2.42. The van der Waals surface area contributed by atoms with Crippen LogP contribution < -0.4 is 4.74 Å². The van der Waals surface area contributed by atoms with Crippen molar-refractivity contribution in [3.05, 3.63) is 233 Å². The standard InChI is InChI=1S/C22H26N4O3.2C22H26N4O2.C21H21F3N4O2.C21H20F3N3O3S/c1-15(27)21-9-20(17-10-23-25(2)12-17)19-5-4-16(8-22(19)24-21)11-26-6-7-29-18(13-26)14-28-3;1-15(27)20-10-19(17-11-23-25(4)13-17)18-6-5-16(9-21(18)24-20)12-26-7-8-28-14-22(26,2)3;1-15(27)20-10-19(17-11-23-25(4)13-17)18-6-5-16(9-21(18)24-20)12-26-7-8-28-22(2,3)14-26;1-13(29)18-8-17(15-9-25-27(2)11-15)16-4-3-14(7-19(16)26-18)10-28-5-6-30-20(12-28)21(22,23)24;1-12(28)16-8-15(18-9-25-20(29-2)31-18)14-4-3-13(7-17(14)26-16)10-27-5-6-30-19(11-27)21(22,23)24/h4-5,8-10,12,18H,6-7,11,13-14H2,1-3H3;2*5-6,9-11,13H,7-8,12,14H2,1-4H3;3-4,7-9,11,20H,5-6,10,12H2,1-2H3;3-4,7-9,19H,5-6,10-11H2,1-2H3/t;;;20-;/m...1./s1. The van der Waals surface area contributed by atoms with Gasteiger partial charge in [-0.3, -0.25) is 67.2 Å². The summed E-state index contributed by atoms with van der Waals surface area (Å²) in [4.78, 5) is 98.7. The number of morpholine rings is 5. The van der Waals surface area contributed by atoms with Crippen molar-refractivity contribution in [2.24, 2.45) is 28.2 Å². The van der Waals surface area contributed by atoms with E-state index in [1.807, 2.05) is 126 Å². The maximum atomic E-state index is 13.0. The summed E-state index contributed by atoms with van der Waals surface area (Å²) in [6, 6.07) is 39.3. The molecule has 0 radical (unpaired) electrons. The fourth-order valence-electron chi connectivity index (χ4n) is 18.6. The molecule has 146 heavy (non-hydrogen) atoms. The van der Waals surface area contributed by atoms with Gasteiger partial charge in [-0.15, -0.1) is 0 Å². The molecule has 20 rings (SSSR count). The largest absolute Gasteiger partial charge is 0.473 e. The summed E-state index contributed by atoms with van der Waals surface area (Å²) in [6.07, 6.45) is 4.39. The number of hydrogen-bond donors (Lipinski definition) is 0. The molecule has 5 aliphatic rings. The Morgan fingerprint density at radius 2 is 0.733 bits per heavy atom. The number of methoxy groups -OCH3 is 2. The number of hydrogen-bond acceptors (Lipinski definition) is 28. The lowest BCUT2D eigenvalue weighted by Crippen LogP contribution is -2.52. The molecule has 0 N–H and O–H groups in total. The van der Waals surface area contributed by atoms with E-state index in [0.29, 0.717) is 84.1 Å². The van der Waals surface area contributed by atoms with Gasteiger partial charge in [0.15, 0.2) is 41.1 Å². The van der Waals surface area contributed by atoms with Crippen LogP contribution >= 0.6 is 11.3 Å². The van der Waals surface area contributed by atoms with Crippen LogP contribution in [0.2, 0.25) is 0 Å². The normalized spacial score (nSPS) is 17.6. The first kappa shape index (κ1) is 106. The van der Waals surface area contributed by atoms with E-state index in [4.69, 9.17) is 33.2 Å². The zero-order valence-electron chi connectivity index (χ0n) is 84.4. The minimum absolute atomic E-state index is 0.00272. The number of alkyl halides is 6. The Hall–Kier alpha value is -13.1. The van der Waals surface area contributed by atoms with Crippen molar-refractivity contribution < 1.29 is 83.5 Å². The molecule has 3 atom stereocenters. The van der Waals surface area contributed by atoms with Crippen molar-refractivity contribution in [3.8, 4) is 60.1 Å². The minimum Gasteiger partial charge on any atom is -0.473 e. The third-order valence-electron chi connectivity index (χ3n) is 26.1. The summed E-state index contributed by atoms with van der Waals surface area (Å²) in [5, 5.41) is 22.3. The zero-order chi connectivity index (χ0) is 104. The van der Waals surface area contributed by atoms with Gasteiger partial charge in [-0.1, -0.05) is 72.0 Å². The second-order valence-corrected chi connectivity index (χ2v) is 39.7. The quantitative estimate of drug-likeness (QED) is 0.0424. The van der Waals surface area contributed by atoms with Crippen molar-refractivity contribution in [2.75, 3.05) is 119 Å². The second kappa shape index (κ2) is 45.5. The molecule has 0 saturated carbocycles. The fraction of sp³-hybridized carbons (Fsp3) is 0.398. The third-order valence-corrected chi connectivity index (χ3v) is 27.1. The molecule has 38 heteroatoms. The molecule has 31 nitrogen and oxygen atoms in total. The number of rotatable bonds is 23. The Balaban J connectivity index is 0.000000131. The summed E-state index contributed by atoms with van der Waals surface area (Å²) in [7, 11) is 10.7. The number of aromatic nitrogens is 14. The van der Waals surface area contributed by atoms with Crippen LogP contribution in [0.3, 0.4) is 0 Å². The van der Waals surface area contributed by atoms with Gasteiger partial charge in [-0.05, 0) is 138 Å². The van der Waals surface area contributed by atoms with Gasteiger partial charge >= 0.3 is 12.4 Å². The monoisotopic (exact) mass is 2020 g/mol. The third kappa shape index (κ3) is 26.3. The first-order valence-electron chi connectivity index (χ1n) is 48.1. The molecule has 5 saturated heterocycles. The highest BCUT2D eigenvalue weighted by Crippen LogP contribution is 2.40. The van der Waals surface area contributed by atoms with Crippen molar-refractivity contribution in [2.45, 2.75) is 137 Å². The van der Waals surface area contributed by atoms with Gasteiger partial charge in [-0.2, -0.15) is 46.7 Å². The molecule has 10 aromatic heterocycles. The van der Waals surface area contributed by atoms with Gasteiger partial charge in [0, 0.05) is 253 Å². The van der Waals surface area contributed by atoms with Crippen molar-refractivity contribution >= 4 is 94.8 Å². The van der Waals surface area contributed by atoms with Gasteiger partial charge in [0.1, 0.15) is 28.5 Å². The van der Waals surface area contributed by atoms with Crippen LogP contribution in [0.15, 0.2) is 177 Å². The van der Waals surface area contributed by atoms with Crippen LogP contribution in [0, 0.1) is 0 Å². The molecule has 15 aromatic rings. The molecular weight excluding hydrogens is 1900 g/mol. The van der Waals surface area contributed by atoms with Gasteiger partial charge < -0.3 is 33.2 Å². The maximum absolute atomic E-state index is 13.0. The number of pyridine rings is 5. The smallest absolute Gasteiger partial charge is 0.415 e. The van der Waals surface area contributed by atoms with E-state index in [1.54, 1.807) is 80.9 Å². The molecule has 15 heterocycles. The minimum atomic E-state index is -4.38. The van der Waals surface area contributed by atoms with Crippen LogP contribution in [-0.4, -0.2) is 284 Å². The van der Waals surface area contributed by atoms with E-state index in [1.165, 1.54) is 49.0 Å². The topological polar surface area (TPSA) is 315 Å². The predicted molar refractivity (Wildman–Crippen MR) is 545 cm³/mol. The van der Waals surface area contributed by atoms with Gasteiger partial charge in [0.25, 0.3) is 5.19 Å². The summed E-state index contributed by atoms with van der Waals surface area (Å²) >= 11 is 1.36. The number of benzene rings is 5. The van der Waals surface area contributed by atoms with Crippen molar-refractivity contribution in [1.82, 2.24) is 93.5 Å². The zero-order valence-corrected chi connectivity index (χ0v) is 85.2. The molecule has 766 valence electrons. The Bertz CT molecular complexity index is 7300. The van der Waals surface area contributed by atoms with Crippen LogP contribution in [-0.2, 0) is 89.3 Å². The molecule has 0 aliphatic carbocycles. The van der Waals surface area contributed by atoms with E-state index in [0.717, 1.165) is 182 Å². The number of ketones is 5. The first-order valence-corrected chi connectivity index (χ1v) is 49.0. The molecule has 0 bridgehead atoms. The number of thiazole rings is 1. The first-order chi connectivity index (χ1) is 69.6. The average molecular weight is 2020 g/mol. The van der Waals surface area contributed by atoms with E-state index >= 15 is 0 Å². The van der Waals surface area contributed by atoms with Gasteiger partial charge in [-0.25, -0.2) is 29.9 Å². The Labute approximate surface area is 845 Å². The highest BCUT2D eigenvalue weighted by molar-refractivity contribution is 7.16. The van der Waals surface area contributed by atoms with Gasteiger partial charge in [0.2, 0.25) is 0 Å². The van der Waals surface area contributed by atoms with Crippen LogP contribution in [0.25, 0.3) is 109 Å². The van der Waals surface area contributed by atoms with E-state index in [-0.39, 0.29) is 72.5 Å².